The van der Waals surface area contributed by atoms with Gasteiger partial charge in [0.2, 0.25) is 5.91 Å². The maximum Gasteiger partial charge on any atom is 0.236 e. The molecular weight excluding hydrogens is 300 g/mol. The zero-order chi connectivity index (χ0) is 17.0. The van der Waals surface area contributed by atoms with Gasteiger partial charge >= 0.3 is 0 Å². The molecule has 1 unspecified atom stereocenters. The molecule has 2 aliphatic heterocycles. The number of amides is 1. The van der Waals surface area contributed by atoms with Crippen molar-refractivity contribution in [3.63, 3.8) is 0 Å². The standard InChI is InChI=1S/C19H30N4O/c1-19(15-20)7-8-23(16-19)18(24)14-22-11-9-21(10-12-22)13-17-5-3-2-4-6-17/h2-6H,7-16,20H2,1H3. The topological polar surface area (TPSA) is 52.8 Å². The SMILES string of the molecule is CC1(CN)CCN(C(=O)CN2CCN(Cc3ccccc3)CC2)C1. The van der Waals surface area contributed by atoms with Crippen molar-refractivity contribution in [3.8, 4) is 0 Å². The fraction of sp³-hybridized carbons (Fsp3) is 0.632. The third-order valence-corrected chi connectivity index (χ3v) is 5.48. The van der Waals surface area contributed by atoms with Gasteiger partial charge in [-0.2, -0.15) is 0 Å². The van der Waals surface area contributed by atoms with Gasteiger partial charge in [-0.25, -0.2) is 0 Å². The number of nitrogens with two attached hydrogens (primary N) is 1. The number of carbonyl (C=O) groups is 1. The Labute approximate surface area is 145 Å². The highest BCUT2D eigenvalue weighted by Crippen LogP contribution is 2.28. The van der Waals surface area contributed by atoms with Gasteiger partial charge in [-0.15, -0.1) is 0 Å². The van der Waals surface area contributed by atoms with E-state index in [9.17, 15) is 4.79 Å². The first-order chi connectivity index (χ1) is 11.6. The van der Waals surface area contributed by atoms with Gasteiger partial charge in [0, 0.05) is 45.8 Å². The van der Waals surface area contributed by atoms with Crippen LogP contribution in [0.4, 0.5) is 0 Å². The summed E-state index contributed by atoms with van der Waals surface area (Å²) < 4.78 is 0. The summed E-state index contributed by atoms with van der Waals surface area (Å²) in [7, 11) is 0. The van der Waals surface area contributed by atoms with Crippen LogP contribution in [0.1, 0.15) is 18.9 Å². The zero-order valence-electron chi connectivity index (χ0n) is 14.8. The van der Waals surface area contributed by atoms with Gasteiger partial charge in [-0.05, 0) is 23.9 Å². The van der Waals surface area contributed by atoms with Crippen LogP contribution < -0.4 is 5.73 Å². The van der Waals surface area contributed by atoms with E-state index in [1.807, 2.05) is 4.90 Å². The number of hydrogen-bond acceptors (Lipinski definition) is 4. The largest absolute Gasteiger partial charge is 0.341 e. The number of carbonyl (C=O) groups excluding carboxylic acids is 1. The molecule has 2 heterocycles. The van der Waals surface area contributed by atoms with Gasteiger partial charge in [0.1, 0.15) is 0 Å². The molecule has 0 spiro atoms. The first-order valence-electron chi connectivity index (χ1n) is 9.04. The highest BCUT2D eigenvalue weighted by atomic mass is 16.2. The van der Waals surface area contributed by atoms with Gasteiger partial charge < -0.3 is 10.6 Å². The normalized spacial score (nSPS) is 26.0. The minimum absolute atomic E-state index is 0.115. The lowest BCUT2D eigenvalue weighted by Gasteiger charge is -2.35. The second-order valence-corrected chi connectivity index (χ2v) is 7.62. The second-order valence-electron chi connectivity index (χ2n) is 7.62. The maximum atomic E-state index is 12.5. The maximum absolute atomic E-state index is 12.5. The molecule has 132 valence electrons. The molecule has 1 amide bonds. The summed E-state index contributed by atoms with van der Waals surface area (Å²) in [6.07, 6.45) is 1.03. The van der Waals surface area contributed by atoms with E-state index in [2.05, 4.69) is 47.1 Å². The number of piperazine rings is 1. The molecule has 0 saturated carbocycles. The van der Waals surface area contributed by atoms with Crippen LogP contribution in [-0.4, -0.2) is 73.0 Å². The predicted octanol–water partition coefficient (Wildman–Crippen LogP) is 1.00. The third-order valence-electron chi connectivity index (χ3n) is 5.48. The van der Waals surface area contributed by atoms with E-state index in [4.69, 9.17) is 5.73 Å². The fourth-order valence-electron chi connectivity index (χ4n) is 3.64. The predicted molar refractivity (Wildman–Crippen MR) is 96.5 cm³/mol. The van der Waals surface area contributed by atoms with Crippen LogP contribution in [-0.2, 0) is 11.3 Å². The Bertz CT molecular complexity index is 542. The Morgan fingerprint density at radius 1 is 1.08 bits per heavy atom. The Morgan fingerprint density at radius 3 is 2.38 bits per heavy atom. The molecule has 0 radical (unpaired) electrons. The van der Waals surface area contributed by atoms with Crippen molar-refractivity contribution in [2.75, 3.05) is 52.4 Å². The molecular formula is C19H30N4O. The molecule has 3 rings (SSSR count). The van der Waals surface area contributed by atoms with E-state index >= 15 is 0 Å². The zero-order valence-corrected chi connectivity index (χ0v) is 14.8. The molecule has 0 aromatic heterocycles. The van der Waals surface area contributed by atoms with Crippen molar-refractivity contribution in [1.29, 1.82) is 0 Å². The quantitative estimate of drug-likeness (QED) is 0.875. The Kier molecular flexibility index (Phi) is 5.54. The van der Waals surface area contributed by atoms with Gasteiger partial charge in [0.15, 0.2) is 0 Å². The summed E-state index contributed by atoms with van der Waals surface area (Å²) >= 11 is 0. The average molecular weight is 330 g/mol. The molecule has 2 fully saturated rings. The smallest absolute Gasteiger partial charge is 0.236 e. The first kappa shape index (κ1) is 17.4. The minimum atomic E-state index is 0.115. The van der Waals surface area contributed by atoms with Crippen molar-refractivity contribution < 1.29 is 4.79 Å². The van der Waals surface area contributed by atoms with Crippen LogP contribution in [0, 0.1) is 5.41 Å². The van der Waals surface area contributed by atoms with Gasteiger partial charge in [-0.3, -0.25) is 14.6 Å². The molecule has 2 N–H and O–H groups in total. The van der Waals surface area contributed by atoms with E-state index in [0.717, 1.165) is 52.2 Å². The monoisotopic (exact) mass is 330 g/mol. The number of rotatable bonds is 5. The van der Waals surface area contributed by atoms with Crippen molar-refractivity contribution in [2.45, 2.75) is 19.9 Å². The van der Waals surface area contributed by atoms with Crippen molar-refractivity contribution in [3.05, 3.63) is 35.9 Å². The van der Waals surface area contributed by atoms with Gasteiger partial charge in [-0.1, -0.05) is 37.3 Å². The van der Waals surface area contributed by atoms with Crippen LogP contribution in [0.25, 0.3) is 0 Å². The molecule has 0 aliphatic carbocycles. The fourth-order valence-corrected chi connectivity index (χ4v) is 3.64. The first-order valence-corrected chi connectivity index (χ1v) is 9.04. The molecule has 2 saturated heterocycles. The number of benzene rings is 1. The highest BCUT2D eigenvalue weighted by molar-refractivity contribution is 5.78. The van der Waals surface area contributed by atoms with Crippen molar-refractivity contribution >= 4 is 5.91 Å². The minimum Gasteiger partial charge on any atom is -0.341 e. The van der Waals surface area contributed by atoms with E-state index in [1.54, 1.807) is 0 Å². The van der Waals surface area contributed by atoms with Crippen LogP contribution >= 0.6 is 0 Å². The summed E-state index contributed by atoms with van der Waals surface area (Å²) in [4.78, 5) is 19.3. The molecule has 5 nitrogen and oxygen atoms in total. The van der Waals surface area contributed by atoms with Crippen molar-refractivity contribution in [2.24, 2.45) is 11.1 Å². The lowest BCUT2D eigenvalue weighted by atomic mass is 9.90. The number of nitrogens with zero attached hydrogens (tertiary/aromatic N) is 3. The molecule has 24 heavy (non-hydrogen) atoms. The Morgan fingerprint density at radius 2 is 1.75 bits per heavy atom. The number of hydrogen-bond donors (Lipinski definition) is 1. The number of likely N-dealkylation sites (tertiary alicyclic amines) is 1. The van der Waals surface area contributed by atoms with Crippen LogP contribution in [0.2, 0.25) is 0 Å². The molecule has 5 heteroatoms. The Balaban J connectivity index is 1.42. The highest BCUT2D eigenvalue weighted by Gasteiger charge is 2.35. The molecule has 1 aromatic carbocycles. The van der Waals surface area contributed by atoms with E-state index in [1.165, 1.54) is 5.56 Å². The molecule has 2 aliphatic rings. The van der Waals surface area contributed by atoms with E-state index in [-0.39, 0.29) is 11.3 Å². The molecule has 1 atom stereocenters. The third kappa shape index (κ3) is 4.35. The molecule has 0 bridgehead atoms. The van der Waals surface area contributed by atoms with Gasteiger partial charge in [0.25, 0.3) is 0 Å². The van der Waals surface area contributed by atoms with Crippen LogP contribution in [0.15, 0.2) is 30.3 Å². The van der Waals surface area contributed by atoms with Crippen LogP contribution in [0.5, 0.6) is 0 Å². The molecule has 1 aromatic rings. The summed E-state index contributed by atoms with van der Waals surface area (Å²) in [5.41, 5.74) is 7.32. The average Bonchev–Trinajstić information content (AvgIpc) is 3.01. The lowest BCUT2D eigenvalue weighted by molar-refractivity contribution is -0.132. The summed E-state index contributed by atoms with van der Waals surface area (Å²) in [5.74, 6) is 0.267. The van der Waals surface area contributed by atoms with Gasteiger partial charge in [0.05, 0.1) is 6.54 Å². The van der Waals surface area contributed by atoms with E-state index < -0.39 is 0 Å². The Hall–Kier alpha value is -1.43. The summed E-state index contributed by atoms with van der Waals surface area (Å²) in [6, 6.07) is 10.6. The van der Waals surface area contributed by atoms with Crippen LogP contribution in [0.3, 0.4) is 0 Å². The van der Waals surface area contributed by atoms with Crippen molar-refractivity contribution in [1.82, 2.24) is 14.7 Å². The lowest BCUT2D eigenvalue weighted by Crippen LogP contribution is -2.49. The summed E-state index contributed by atoms with van der Waals surface area (Å²) in [5, 5.41) is 0. The second kappa shape index (κ2) is 7.64. The van der Waals surface area contributed by atoms with E-state index in [0.29, 0.717) is 13.1 Å². The summed E-state index contributed by atoms with van der Waals surface area (Å²) in [6.45, 7) is 10.1.